The van der Waals surface area contributed by atoms with Crippen molar-refractivity contribution in [2.75, 3.05) is 38.0 Å². The highest BCUT2D eigenvalue weighted by molar-refractivity contribution is 7.12. The molecule has 1 aromatic carbocycles. The molecule has 2 heterocycles. The number of piperazine rings is 1. The second-order valence-electron chi connectivity index (χ2n) is 5.96. The number of carbonyl (C=O) groups excluding carboxylic acids is 2. The van der Waals surface area contributed by atoms with Gasteiger partial charge in [-0.05, 0) is 36.1 Å². The summed E-state index contributed by atoms with van der Waals surface area (Å²) in [4.78, 5) is 29.2. The molecule has 1 aliphatic rings. The lowest BCUT2D eigenvalue weighted by Gasteiger charge is -2.34. The molecule has 0 atom stereocenters. The highest BCUT2D eigenvalue weighted by atomic mass is 32.1. The van der Waals surface area contributed by atoms with Crippen molar-refractivity contribution in [3.05, 3.63) is 52.2 Å². The summed E-state index contributed by atoms with van der Waals surface area (Å²) in [6.07, 6.45) is 0. The summed E-state index contributed by atoms with van der Waals surface area (Å²) in [5.74, 6) is 0.0764. The number of anilines is 1. The quantitative estimate of drug-likeness (QED) is 0.928. The molecule has 0 radical (unpaired) electrons. The Labute approximate surface area is 145 Å². The van der Waals surface area contributed by atoms with Crippen LogP contribution in [0.2, 0.25) is 0 Å². The molecule has 0 aliphatic carbocycles. The molecule has 5 nitrogen and oxygen atoms in total. The third kappa shape index (κ3) is 4.21. The lowest BCUT2D eigenvalue weighted by molar-refractivity contribution is -0.117. The minimum Gasteiger partial charge on any atom is -0.335 e. The predicted molar refractivity (Wildman–Crippen MR) is 96.5 cm³/mol. The van der Waals surface area contributed by atoms with Crippen molar-refractivity contribution < 1.29 is 9.59 Å². The van der Waals surface area contributed by atoms with Crippen molar-refractivity contribution in [1.29, 1.82) is 0 Å². The average molecular weight is 343 g/mol. The van der Waals surface area contributed by atoms with Crippen LogP contribution < -0.4 is 5.32 Å². The maximum absolute atomic E-state index is 12.3. The Hall–Kier alpha value is -2.18. The molecule has 24 heavy (non-hydrogen) atoms. The minimum atomic E-state index is -0.0152. The normalized spacial score (nSPS) is 15.3. The number of benzene rings is 1. The van der Waals surface area contributed by atoms with Crippen molar-refractivity contribution in [3.8, 4) is 0 Å². The van der Waals surface area contributed by atoms with Gasteiger partial charge in [-0.2, -0.15) is 0 Å². The molecular formula is C18H21N3O2S. The second kappa shape index (κ2) is 7.59. The van der Waals surface area contributed by atoms with Crippen molar-refractivity contribution >= 4 is 28.8 Å². The highest BCUT2D eigenvalue weighted by Gasteiger charge is 2.23. The maximum atomic E-state index is 12.3. The van der Waals surface area contributed by atoms with Gasteiger partial charge in [0.2, 0.25) is 5.91 Å². The first-order chi connectivity index (χ1) is 11.6. The molecule has 0 bridgehead atoms. The van der Waals surface area contributed by atoms with Gasteiger partial charge in [0.15, 0.2) is 0 Å². The number of nitrogens with one attached hydrogen (secondary N) is 1. The third-order valence-electron chi connectivity index (χ3n) is 4.06. The van der Waals surface area contributed by atoms with E-state index in [-0.39, 0.29) is 11.8 Å². The van der Waals surface area contributed by atoms with E-state index in [1.54, 1.807) is 0 Å². The summed E-state index contributed by atoms with van der Waals surface area (Å²) in [5.41, 5.74) is 1.94. The molecule has 1 N–H and O–H groups in total. The van der Waals surface area contributed by atoms with Crippen LogP contribution >= 0.6 is 11.3 Å². The van der Waals surface area contributed by atoms with Gasteiger partial charge in [0, 0.05) is 31.9 Å². The molecule has 1 saturated heterocycles. The third-order valence-corrected chi connectivity index (χ3v) is 4.92. The Morgan fingerprint density at radius 1 is 1.12 bits per heavy atom. The van der Waals surface area contributed by atoms with E-state index in [1.165, 1.54) is 11.3 Å². The first-order valence-corrected chi connectivity index (χ1v) is 8.91. The predicted octanol–water partition coefficient (Wildman–Crippen LogP) is 2.45. The van der Waals surface area contributed by atoms with Gasteiger partial charge in [-0.25, -0.2) is 0 Å². The van der Waals surface area contributed by atoms with Crippen molar-refractivity contribution in [3.63, 3.8) is 0 Å². The van der Waals surface area contributed by atoms with Crippen LogP contribution in [0.15, 0.2) is 41.8 Å². The number of hydrogen-bond acceptors (Lipinski definition) is 4. The van der Waals surface area contributed by atoms with Gasteiger partial charge in [0.25, 0.3) is 5.91 Å². The highest BCUT2D eigenvalue weighted by Crippen LogP contribution is 2.14. The van der Waals surface area contributed by atoms with Crippen LogP contribution in [0.25, 0.3) is 0 Å². The van der Waals surface area contributed by atoms with E-state index in [0.29, 0.717) is 19.6 Å². The molecule has 1 aliphatic heterocycles. The van der Waals surface area contributed by atoms with Gasteiger partial charge in [0.05, 0.1) is 11.4 Å². The fourth-order valence-corrected chi connectivity index (χ4v) is 3.48. The molecule has 2 amide bonds. The fraction of sp³-hybridized carbons (Fsp3) is 0.333. The molecule has 6 heteroatoms. The molecule has 0 spiro atoms. The number of rotatable bonds is 4. The summed E-state index contributed by atoms with van der Waals surface area (Å²) in [5, 5.41) is 4.84. The molecule has 3 rings (SSSR count). The first-order valence-electron chi connectivity index (χ1n) is 8.03. The average Bonchev–Trinajstić information content (AvgIpc) is 3.09. The maximum Gasteiger partial charge on any atom is 0.264 e. The molecule has 0 unspecified atom stereocenters. The number of aryl methyl sites for hydroxylation is 1. The number of hydrogen-bond donors (Lipinski definition) is 1. The Morgan fingerprint density at radius 3 is 2.58 bits per heavy atom. The Kier molecular flexibility index (Phi) is 5.27. The molecule has 1 aromatic heterocycles. The van der Waals surface area contributed by atoms with E-state index in [4.69, 9.17) is 0 Å². The topological polar surface area (TPSA) is 52.7 Å². The van der Waals surface area contributed by atoms with Crippen LogP contribution in [0, 0.1) is 6.92 Å². The largest absolute Gasteiger partial charge is 0.335 e. The van der Waals surface area contributed by atoms with E-state index >= 15 is 0 Å². The molecule has 126 valence electrons. The molecule has 1 fully saturated rings. The zero-order valence-corrected chi connectivity index (χ0v) is 14.5. The van der Waals surface area contributed by atoms with Gasteiger partial charge in [-0.15, -0.1) is 11.3 Å². The van der Waals surface area contributed by atoms with Gasteiger partial charge >= 0.3 is 0 Å². The molecule has 2 aromatic rings. The van der Waals surface area contributed by atoms with Gasteiger partial charge < -0.3 is 10.2 Å². The Bertz CT molecular complexity index is 707. The smallest absolute Gasteiger partial charge is 0.264 e. The van der Waals surface area contributed by atoms with Gasteiger partial charge in [0.1, 0.15) is 0 Å². The van der Waals surface area contributed by atoms with Crippen molar-refractivity contribution in [2.24, 2.45) is 0 Å². The lowest BCUT2D eigenvalue weighted by atomic mass is 10.2. The number of carbonyl (C=O) groups is 2. The summed E-state index contributed by atoms with van der Waals surface area (Å²) in [6, 6.07) is 11.5. The van der Waals surface area contributed by atoms with Crippen LogP contribution in [-0.4, -0.2) is 54.3 Å². The SMILES string of the molecule is Cc1cccc(NC(=O)CN2CCN(C(=O)c3cccs3)CC2)c1. The Balaban J connectivity index is 1.47. The van der Waals surface area contributed by atoms with Gasteiger partial charge in [-0.3, -0.25) is 14.5 Å². The minimum absolute atomic E-state index is 0.0152. The zero-order valence-electron chi connectivity index (χ0n) is 13.7. The number of nitrogens with zero attached hydrogens (tertiary/aromatic N) is 2. The lowest BCUT2D eigenvalue weighted by Crippen LogP contribution is -2.50. The summed E-state index contributed by atoms with van der Waals surface area (Å²) >= 11 is 1.47. The first kappa shape index (κ1) is 16.7. The second-order valence-corrected chi connectivity index (χ2v) is 6.91. The monoisotopic (exact) mass is 343 g/mol. The van der Waals surface area contributed by atoms with Crippen LogP contribution in [0.3, 0.4) is 0 Å². The van der Waals surface area contributed by atoms with Crippen LogP contribution in [-0.2, 0) is 4.79 Å². The van der Waals surface area contributed by atoms with E-state index in [9.17, 15) is 9.59 Å². The zero-order chi connectivity index (χ0) is 16.9. The van der Waals surface area contributed by atoms with Gasteiger partial charge in [-0.1, -0.05) is 18.2 Å². The van der Waals surface area contributed by atoms with Crippen LogP contribution in [0.4, 0.5) is 5.69 Å². The van der Waals surface area contributed by atoms with Crippen molar-refractivity contribution in [2.45, 2.75) is 6.92 Å². The van der Waals surface area contributed by atoms with E-state index in [2.05, 4.69) is 10.2 Å². The standard InChI is InChI=1S/C18H21N3O2S/c1-14-4-2-5-15(12-14)19-17(22)13-20-7-9-21(10-8-20)18(23)16-6-3-11-24-16/h2-6,11-12H,7-10,13H2,1H3,(H,19,22). The number of thiophene rings is 1. The summed E-state index contributed by atoms with van der Waals surface area (Å²) in [6.45, 7) is 5.12. The number of amides is 2. The van der Waals surface area contributed by atoms with E-state index in [1.807, 2.05) is 53.6 Å². The van der Waals surface area contributed by atoms with E-state index < -0.39 is 0 Å². The van der Waals surface area contributed by atoms with E-state index in [0.717, 1.165) is 29.2 Å². The summed E-state index contributed by atoms with van der Waals surface area (Å²) in [7, 11) is 0. The fourth-order valence-electron chi connectivity index (χ4n) is 2.79. The van der Waals surface area contributed by atoms with Crippen molar-refractivity contribution in [1.82, 2.24) is 9.80 Å². The van der Waals surface area contributed by atoms with Crippen LogP contribution in [0.1, 0.15) is 15.2 Å². The molecular weight excluding hydrogens is 322 g/mol. The summed E-state index contributed by atoms with van der Waals surface area (Å²) < 4.78 is 0. The van der Waals surface area contributed by atoms with Crippen LogP contribution in [0.5, 0.6) is 0 Å². The Morgan fingerprint density at radius 2 is 1.92 bits per heavy atom. The molecule has 0 saturated carbocycles.